The number of aliphatic carboxylic acids is 1. The zero-order valence-corrected chi connectivity index (χ0v) is 18.0. The lowest BCUT2D eigenvalue weighted by Gasteiger charge is -2.24. The van der Waals surface area contributed by atoms with E-state index in [2.05, 4.69) is 5.32 Å². The lowest BCUT2D eigenvalue weighted by Crippen LogP contribution is -2.34. The number of hydrogen-bond donors (Lipinski definition) is 2. The molecule has 3 rings (SSSR count). The number of allylic oxidation sites excluding steroid dienone is 2. The minimum atomic E-state index is -0.993. The van der Waals surface area contributed by atoms with E-state index in [-0.39, 0.29) is 6.61 Å². The number of esters is 1. The first-order valence-corrected chi connectivity index (χ1v) is 10.8. The van der Waals surface area contributed by atoms with Gasteiger partial charge in [0.25, 0.3) is 0 Å². The Bertz CT molecular complexity index is 1010. The fourth-order valence-corrected chi connectivity index (χ4v) is 4.52. The lowest BCUT2D eigenvalue weighted by atomic mass is 9.82. The number of thiophene rings is 1. The van der Waals surface area contributed by atoms with E-state index in [0.717, 1.165) is 16.7 Å². The zero-order valence-electron chi connectivity index (χ0n) is 17.2. The van der Waals surface area contributed by atoms with Gasteiger partial charge in [0.05, 0.1) is 18.4 Å². The molecule has 0 aliphatic heterocycles. The number of carbonyl (C=O) groups excluding carboxylic acids is 2. The summed E-state index contributed by atoms with van der Waals surface area (Å²) in [5.74, 6) is -3.37. The van der Waals surface area contributed by atoms with E-state index in [9.17, 15) is 19.5 Å². The third-order valence-corrected chi connectivity index (χ3v) is 6.31. The van der Waals surface area contributed by atoms with Crippen LogP contribution in [0, 0.1) is 25.7 Å². The molecule has 0 saturated heterocycles. The van der Waals surface area contributed by atoms with Crippen molar-refractivity contribution in [2.75, 3.05) is 11.9 Å². The molecule has 6 nitrogen and oxygen atoms in total. The largest absolute Gasteiger partial charge is 0.481 e. The van der Waals surface area contributed by atoms with Crippen LogP contribution in [0.4, 0.5) is 5.00 Å². The van der Waals surface area contributed by atoms with Gasteiger partial charge in [-0.3, -0.25) is 9.59 Å². The Morgan fingerprint density at radius 1 is 1.13 bits per heavy atom. The van der Waals surface area contributed by atoms with Gasteiger partial charge >= 0.3 is 11.9 Å². The Morgan fingerprint density at radius 3 is 2.47 bits per heavy atom. The van der Waals surface area contributed by atoms with Gasteiger partial charge in [-0.05, 0) is 50.3 Å². The quantitative estimate of drug-likeness (QED) is 0.510. The van der Waals surface area contributed by atoms with E-state index in [4.69, 9.17) is 4.74 Å². The minimum absolute atomic E-state index is 0.211. The maximum absolute atomic E-state index is 12.9. The van der Waals surface area contributed by atoms with Crippen LogP contribution in [0.2, 0.25) is 0 Å². The summed E-state index contributed by atoms with van der Waals surface area (Å²) >= 11 is 1.24. The standard InChI is InChI=1S/C23H25NO5S/c1-4-29-23(28)19-18(15-10-9-13(2)14(3)11-15)12-30-21(19)24-20(25)16-7-5-6-8-17(16)22(26)27/h5-6,9-12,16-17H,4,7-8H2,1-3H3,(H,24,25)(H,26,27)/t16-,17-/m0/s1. The van der Waals surface area contributed by atoms with Crippen molar-refractivity contribution in [1.82, 2.24) is 0 Å². The average Bonchev–Trinajstić information content (AvgIpc) is 3.13. The molecule has 7 heteroatoms. The Labute approximate surface area is 179 Å². The van der Waals surface area contributed by atoms with E-state index in [1.807, 2.05) is 43.5 Å². The van der Waals surface area contributed by atoms with Gasteiger partial charge in [0.15, 0.2) is 0 Å². The molecule has 0 fully saturated rings. The van der Waals surface area contributed by atoms with Crippen LogP contribution in [-0.4, -0.2) is 29.6 Å². The maximum atomic E-state index is 12.9. The molecule has 1 aliphatic carbocycles. The van der Waals surface area contributed by atoms with E-state index < -0.39 is 29.7 Å². The average molecular weight is 428 g/mol. The van der Waals surface area contributed by atoms with Crippen LogP contribution in [0.1, 0.15) is 41.3 Å². The monoisotopic (exact) mass is 427 g/mol. The molecule has 2 atom stereocenters. The zero-order chi connectivity index (χ0) is 21.8. The first-order chi connectivity index (χ1) is 14.3. The van der Waals surface area contributed by atoms with E-state index in [0.29, 0.717) is 29.0 Å². The highest BCUT2D eigenvalue weighted by Crippen LogP contribution is 2.38. The van der Waals surface area contributed by atoms with E-state index >= 15 is 0 Å². The molecule has 30 heavy (non-hydrogen) atoms. The predicted octanol–water partition coefficient (Wildman–Crippen LogP) is 4.81. The highest BCUT2D eigenvalue weighted by atomic mass is 32.1. The molecule has 1 aromatic heterocycles. The number of amides is 1. The van der Waals surface area contributed by atoms with E-state index in [1.54, 1.807) is 13.0 Å². The topological polar surface area (TPSA) is 92.7 Å². The highest BCUT2D eigenvalue weighted by molar-refractivity contribution is 7.15. The Kier molecular flexibility index (Phi) is 6.72. The van der Waals surface area contributed by atoms with E-state index in [1.165, 1.54) is 11.3 Å². The molecule has 2 N–H and O–H groups in total. The Hall–Kier alpha value is -2.93. The summed E-state index contributed by atoms with van der Waals surface area (Å²) in [5.41, 5.74) is 4.09. The summed E-state index contributed by atoms with van der Waals surface area (Å²) < 4.78 is 5.24. The number of aryl methyl sites for hydroxylation is 2. The van der Waals surface area contributed by atoms with Gasteiger partial charge in [0.2, 0.25) is 5.91 Å². The SMILES string of the molecule is CCOC(=O)c1c(-c2ccc(C)c(C)c2)csc1NC(=O)[C@H]1CC=CC[C@@H]1C(=O)O. The van der Waals surface area contributed by atoms with Crippen LogP contribution >= 0.6 is 11.3 Å². The van der Waals surface area contributed by atoms with Gasteiger partial charge in [-0.15, -0.1) is 11.3 Å². The van der Waals surface area contributed by atoms with Crippen molar-refractivity contribution in [2.24, 2.45) is 11.8 Å². The smallest absolute Gasteiger partial charge is 0.341 e. The van der Waals surface area contributed by atoms with Gasteiger partial charge in [-0.25, -0.2) is 4.79 Å². The van der Waals surface area contributed by atoms with Gasteiger partial charge in [0, 0.05) is 10.9 Å². The van der Waals surface area contributed by atoms with Crippen molar-refractivity contribution >= 4 is 34.2 Å². The number of ether oxygens (including phenoxy) is 1. The number of carboxylic acid groups (broad SMARTS) is 1. The normalized spacial score (nSPS) is 18.1. The van der Waals surface area contributed by atoms with Crippen LogP contribution in [-0.2, 0) is 14.3 Å². The van der Waals surface area contributed by atoms with Gasteiger partial charge in [0.1, 0.15) is 10.6 Å². The summed E-state index contributed by atoms with van der Waals surface area (Å²) in [7, 11) is 0. The molecule has 0 saturated carbocycles. The van der Waals surface area contributed by atoms with Crippen molar-refractivity contribution in [3.8, 4) is 11.1 Å². The molecule has 0 unspecified atom stereocenters. The highest BCUT2D eigenvalue weighted by Gasteiger charge is 2.35. The third-order valence-electron chi connectivity index (χ3n) is 5.41. The third kappa shape index (κ3) is 4.46. The molecular formula is C23H25NO5S. The fraction of sp³-hybridized carbons (Fsp3) is 0.348. The number of anilines is 1. The molecule has 1 amide bonds. The van der Waals surface area contributed by atoms with Crippen LogP contribution in [0.5, 0.6) is 0 Å². The van der Waals surface area contributed by atoms with Crippen LogP contribution in [0.3, 0.4) is 0 Å². The van der Waals surface area contributed by atoms with Crippen molar-refractivity contribution in [2.45, 2.75) is 33.6 Å². The number of carbonyl (C=O) groups is 3. The Morgan fingerprint density at radius 2 is 1.83 bits per heavy atom. The van der Waals surface area contributed by atoms with Gasteiger partial charge in [-0.2, -0.15) is 0 Å². The van der Waals surface area contributed by atoms with Crippen LogP contribution in [0.25, 0.3) is 11.1 Å². The van der Waals surface area contributed by atoms with Crippen LogP contribution < -0.4 is 5.32 Å². The van der Waals surface area contributed by atoms with Crippen LogP contribution in [0.15, 0.2) is 35.7 Å². The molecule has 158 valence electrons. The first kappa shape index (κ1) is 21.8. The number of hydrogen-bond acceptors (Lipinski definition) is 5. The van der Waals surface area contributed by atoms with Gasteiger partial charge in [-0.1, -0.05) is 30.4 Å². The summed E-state index contributed by atoms with van der Waals surface area (Å²) in [5, 5.41) is 14.5. The number of benzene rings is 1. The summed E-state index contributed by atoms with van der Waals surface area (Å²) in [4.78, 5) is 37.2. The molecule has 0 bridgehead atoms. The molecule has 1 heterocycles. The van der Waals surface area contributed by atoms with Gasteiger partial charge < -0.3 is 15.2 Å². The second-order valence-corrected chi connectivity index (χ2v) is 8.24. The lowest BCUT2D eigenvalue weighted by molar-refractivity contribution is -0.146. The molecule has 0 spiro atoms. The molecule has 1 aromatic carbocycles. The number of rotatable bonds is 6. The first-order valence-electron chi connectivity index (χ1n) is 9.88. The van der Waals surface area contributed by atoms with Crippen molar-refractivity contribution in [3.05, 3.63) is 52.4 Å². The minimum Gasteiger partial charge on any atom is -0.481 e. The summed E-state index contributed by atoms with van der Waals surface area (Å²) in [6.45, 7) is 5.95. The molecule has 2 aromatic rings. The summed E-state index contributed by atoms with van der Waals surface area (Å²) in [6.07, 6.45) is 4.28. The maximum Gasteiger partial charge on any atom is 0.341 e. The number of nitrogens with one attached hydrogen (secondary N) is 1. The summed E-state index contributed by atoms with van der Waals surface area (Å²) in [6, 6.07) is 5.92. The second-order valence-electron chi connectivity index (χ2n) is 7.36. The van der Waals surface area contributed by atoms with Crippen molar-refractivity contribution in [3.63, 3.8) is 0 Å². The van der Waals surface area contributed by atoms with Crippen molar-refractivity contribution < 1.29 is 24.2 Å². The molecular weight excluding hydrogens is 402 g/mol. The predicted molar refractivity (Wildman–Crippen MR) is 117 cm³/mol. The van der Waals surface area contributed by atoms with Crippen molar-refractivity contribution in [1.29, 1.82) is 0 Å². The Balaban J connectivity index is 1.96. The molecule has 0 radical (unpaired) electrons. The second kappa shape index (κ2) is 9.26. The fourth-order valence-electron chi connectivity index (χ4n) is 3.56. The molecule has 1 aliphatic rings. The number of carboxylic acids is 1.